The van der Waals surface area contributed by atoms with E-state index < -0.39 is 0 Å². The molecule has 0 saturated carbocycles. The molecule has 1 fully saturated rings. The summed E-state index contributed by atoms with van der Waals surface area (Å²) in [6.45, 7) is 7.95. The molecule has 0 radical (unpaired) electrons. The summed E-state index contributed by atoms with van der Waals surface area (Å²) in [5, 5.41) is 6.15. The molecule has 0 spiro atoms. The number of rotatable bonds is 8. The SMILES string of the molecule is C=CC(=O)N1CC[C@H](CNc2cnc3[nH]cc(C(=O)N[C@@H](C)COC)c3n2)C1. The molecule has 2 atom stereocenters. The number of nitrogens with one attached hydrogen (secondary N) is 3. The van der Waals surface area contributed by atoms with Crippen LogP contribution in [0.25, 0.3) is 11.2 Å². The van der Waals surface area contributed by atoms with Gasteiger partial charge in [0, 0.05) is 39.0 Å². The van der Waals surface area contributed by atoms with Crippen molar-refractivity contribution in [2.24, 2.45) is 5.92 Å². The lowest BCUT2D eigenvalue weighted by Gasteiger charge is -2.15. The highest BCUT2D eigenvalue weighted by molar-refractivity contribution is 6.04. The molecule has 0 aliphatic carbocycles. The molecule has 28 heavy (non-hydrogen) atoms. The molecule has 2 aromatic heterocycles. The average Bonchev–Trinajstić information content (AvgIpc) is 3.32. The first kappa shape index (κ1) is 19.8. The van der Waals surface area contributed by atoms with Crippen LogP contribution >= 0.6 is 0 Å². The lowest BCUT2D eigenvalue weighted by atomic mass is 10.1. The van der Waals surface area contributed by atoms with Crippen LogP contribution in [-0.2, 0) is 9.53 Å². The molecule has 3 N–H and O–H groups in total. The molecule has 1 aliphatic rings. The summed E-state index contributed by atoms with van der Waals surface area (Å²) in [5.74, 6) is 0.677. The third kappa shape index (κ3) is 4.48. The number of anilines is 1. The topological polar surface area (TPSA) is 112 Å². The number of hydrogen-bond acceptors (Lipinski definition) is 6. The molecule has 2 aromatic rings. The fraction of sp³-hybridized carbons (Fsp3) is 0.474. The van der Waals surface area contributed by atoms with Gasteiger partial charge in [0.05, 0.1) is 18.4 Å². The van der Waals surface area contributed by atoms with Crippen molar-refractivity contribution >= 4 is 28.8 Å². The van der Waals surface area contributed by atoms with Crippen LogP contribution in [0.5, 0.6) is 0 Å². The first-order valence-electron chi connectivity index (χ1n) is 9.31. The molecule has 3 heterocycles. The minimum atomic E-state index is -0.225. The molecule has 3 rings (SSSR count). The number of nitrogens with zero attached hydrogens (tertiary/aromatic N) is 3. The predicted octanol–water partition coefficient (Wildman–Crippen LogP) is 1.17. The maximum atomic E-state index is 12.5. The molecule has 2 amide bonds. The van der Waals surface area contributed by atoms with Crippen molar-refractivity contribution in [1.82, 2.24) is 25.2 Å². The van der Waals surface area contributed by atoms with Gasteiger partial charge in [-0.25, -0.2) is 9.97 Å². The van der Waals surface area contributed by atoms with Crippen molar-refractivity contribution in [3.63, 3.8) is 0 Å². The van der Waals surface area contributed by atoms with E-state index in [-0.39, 0.29) is 17.9 Å². The summed E-state index contributed by atoms with van der Waals surface area (Å²) in [6.07, 6.45) is 5.52. The van der Waals surface area contributed by atoms with Crippen molar-refractivity contribution in [3.8, 4) is 0 Å². The molecule has 0 aromatic carbocycles. The van der Waals surface area contributed by atoms with Crippen molar-refractivity contribution in [2.75, 3.05) is 38.7 Å². The lowest BCUT2D eigenvalue weighted by Crippen LogP contribution is -2.35. The maximum Gasteiger partial charge on any atom is 0.255 e. The molecule has 1 aliphatic heterocycles. The van der Waals surface area contributed by atoms with E-state index in [1.807, 2.05) is 6.92 Å². The number of carbonyl (C=O) groups is 2. The second kappa shape index (κ2) is 8.83. The van der Waals surface area contributed by atoms with Crippen LogP contribution in [0.15, 0.2) is 25.0 Å². The van der Waals surface area contributed by atoms with Gasteiger partial charge in [-0.05, 0) is 25.3 Å². The second-order valence-corrected chi connectivity index (χ2v) is 7.01. The molecule has 1 saturated heterocycles. The van der Waals surface area contributed by atoms with E-state index in [9.17, 15) is 9.59 Å². The zero-order chi connectivity index (χ0) is 20.1. The van der Waals surface area contributed by atoms with Gasteiger partial charge >= 0.3 is 0 Å². The number of ether oxygens (including phenoxy) is 1. The largest absolute Gasteiger partial charge is 0.383 e. The number of methoxy groups -OCH3 is 1. The average molecular weight is 386 g/mol. The van der Waals surface area contributed by atoms with Crippen LogP contribution < -0.4 is 10.6 Å². The van der Waals surface area contributed by atoms with Gasteiger partial charge in [0.2, 0.25) is 5.91 Å². The van der Waals surface area contributed by atoms with E-state index in [2.05, 4.69) is 32.2 Å². The summed E-state index contributed by atoms with van der Waals surface area (Å²) in [5.41, 5.74) is 1.51. The highest BCUT2D eigenvalue weighted by Gasteiger charge is 2.24. The van der Waals surface area contributed by atoms with Crippen molar-refractivity contribution in [3.05, 3.63) is 30.6 Å². The molecule has 0 bridgehead atoms. The van der Waals surface area contributed by atoms with Gasteiger partial charge in [0.15, 0.2) is 5.65 Å². The minimum Gasteiger partial charge on any atom is -0.383 e. The number of H-pyrrole nitrogens is 1. The van der Waals surface area contributed by atoms with Crippen molar-refractivity contribution < 1.29 is 14.3 Å². The molecule has 9 heteroatoms. The molecule has 9 nitrogen and oxygen atoms in total. The van der Waals surface area contributed by atoms with E-state index in [4.69, 9.17) is 4.74 Å². The Kier molecular flexibility index (Phi) is 6.25. The quantitative estimate of drug-likeness (QED) is 0.587. The molecule has 150 valence electrons. The van der Waals surface area contributed by atoms with Crippen LogP contribution in [0.2, 0.25) is 0 Å². The number of likely N-dealkylation sites (tertiary alicyclic amines) is 1. The first-order chi connectivity index (χ1) is 13.5. The summed E-state index contributed by atoms with van der Waals surface area (Å²) < 4.78 is 5.05. The standard InChI is InChI=1S/C19H26N6O3/c1-4-16(26)25-6-5-13(10-25)7-20-15-9-22-18-17(24-15)14(8-21-18)19(27)23-12(2)11-28-3/h4,8-9,12-13H,1,5-7,10-11H2,2-3H3,(H,20,24)(H,21,22)(H,23,27)/t12-,13+/m0/s1. The minimum absolute atomic E-state index is 0.0330. The van der Waals surface area contributed by atoms with Crippen LogP contribution in [0, 0.1) is 5.92 Å². The van der Waals surface area contributed by atoms with Crippen LogP contribution in [0.4, 0.5) is 5.82 Å². The third-order valence-corrected chi connectivity index (χ3v) is 4.76. The monoisotopic (exact) mass is 386 g/mol. The number of carbonyl (C=O) groups excluding carboxylic acids is 2. The summed E-state index contributed by atoms with van der Waals surface area (Å²) in [6, 6.07) is -0.111. The second-order valence-electron chi connectivity index (χ2n) is 7.01. The van der Waals surface area contributed by atoms with Gasteiger partial charge in [-0.3, -0.25) is 9.59 Å². The van der Waals surface area contributed by atoms with E-state index in [0.29, 0.717) is 48.2 Å². The van der Waals surface area contributed by atoms with Crippen molar-refractivity contribution in [1.29, 1.82) is 0 Å². The predicted molar refractivity (Wildman–Crippen MR) is 106 cm³/mol. The van der Waals surface area contributed by atoms with Gasteiger partial charge in [-0.2, -0.15) is 0 Å². The number of amides is 2. The Hall–Kier alpha value is -2.94. The van der Waals surface area contributed by atoms with Gasteiger partial charge in [0.25, 0.3) is 5.91 Å². The Balaban J connectivity index is 1.64. The zero-order valence-corrected chi connectivity index (χ0v) is 16.2. The zero-order valence-electron chi connectivity index (χ0n) is 16.2. The van der Waals surface area contributed by atoms with Crippen LogP contribution in [0.1, 0.15) is 23.7 Å². The third-order valence-electron chi connectivity index (χ3n) is 4.76. The summed E-state index contributed by atoms with van der Waals surface area (Å²) in [7, 11) is 1.59. The van der Waals surface area contributed by atoms with Crippen LogP contribution in [-0.4, -0.2) is 71.1 Å². The smallest absolute Gasteiger partial charge is 0.255 e. The maximum absolute atomic E-state index is 12.5. The number of hydrogen-bond donors (Lipinski definition) is 3. The summed E-state index contributed by atoms with van der Waals surface area (Å²) in [4.78, 5) is 37.8. The Morgan fingerprint density at radius 3 is 3.11 bits per heavy atom. The van der Waals surface area contributed by atoms with E-state index in [1.165, 1.54) is 6.08 Å². The molecular weight excluding hydrogens is 360 g/mol. The highest BCUT2D eigenvalue weighted by Crippen LogP contribution is 2.19. The Morgan fingerprint density at radius 2 is 2.36 bits per heavy atom. The number of aromatic amines is 1. The Bertz CT molecular complexity index is 864. The Morgan fingerprint density at radius 1 is 1.54 bits per heavy atom. The van der Waals surface area contributed by atoms with Gasteiger partial charge in [0.1, 0.15) is 11.3 Å². The fourth-order valence-electron chi connectivity index (χ4n) is 3.32. The summed E-state index contributed by atoms with van der Waals surface area (Å²) >= 11 is 0. The highest BCUT2D eigenvalue weighted by atomic mass is 16.5. The van der Waals surface area contributed by atoms with Gasteiger partial charge in [-0.1, -0.05) is 6.58 Å². The van der Waals surface area contributed by atoms with E-state index >= 15 is 0 Å². The lowest BCUT2D eigenvalue weighted by molar-refractivity contribution is -0.125. The molecule has 0 unspecified atom stereocenters. The number of fused-ring (bicyclic) bond motifs is 1. The van der Waals surface area contributed by atoms with Crippen molar-refractivity contribution in [2.45, 2.75) is 19.4 Å². The fourth-order valence-corrected chi connectivity index (χ4v) is 3.32. The van der Waals surface area contributed by atoms with Gasteiger partial charge < -0.3 is 25.3 Å². The van der Waals surface area contributed by atoms with E-state index in [1.54, 1.807) is 24.4 Å². The normalized spacial score (nSPS) is 17.5. The van der Waals surface area contributed by atoms with E-state index in [0.717, 1.165) is 13.0 Å². The first-order valence-corrected chi connectivity index (χ1v) is 9.31. The Labute approximate surface area is 163 Å². The number of aromatic nitrogens is 3. The van der Waals surface area contributed by atoms with Gasteiger partial charge in [-0.15, -0.1) is 0 Å². The van der Waals surface area contributed by atoms with Crippen LogP contribution in [0.3, 0.4) is 0 Å². The molecular formula is C19H26N6O3.